The third kappa shape index (κ3) is 2.35. The van der Waals surface area contributed by atoms with Crippen molar-refractivity contribution >= 4 is 11.3 Å². The highest BCUT2D eigenvalue weighted by Gasteiger charge is 2.24. The summed E-state index contributed by atoms with van der Waals surface area (Å²) in [7, 11) is 0. The Labute approximate surface area is 113 Å². The lowest BCUT2D eigenvalue weighted by molar-refractivity contribution is 0.476. The quantitative estimate of drug-likeness (QED) is 0.919. The van der Waals surface area contributed by atoms with Gasteiger partial charge < -0.3 is 10.3 Å². The van der Waals surface area contributed by atoms with E-state index in [-0.39, 0.29) is 12.1 Å². The largest absolute Gasteiger partial charge is 0.326 e. The highest BCUT2D eigenvalue weighted by molar-refractivity contribution is 7.10. The average molecular weight is 263 g/mol. The zero-order chi connectivity index (χ0) is 13.3. The molecule has 0 spiro atoms. The molecule has 0 aliphatic rings. The number of aromatic nitrogens is 2. The lowest BCUT2D eigenvalue weighted by Gasteiger charge is -2.25. The van der Waals surface area contributed by atoms with E-state index >= 15 is 0 Å². The van der Waals surface area contributed by atoms with Crippen LogP contribution in [0.1, 0.15) is 49.0 Å². The molecule has 18 heavy (non-hydrogen) atoms. The Balaban J connectivity index is 2.49. The molecule has 0 fully saturated rings. The van der Waals surface area contributed by atoms with Crippen molar-refractivity contribution in [2.75, 3.05) is 0 Å². The maximum absolute atomic E-state index is 6.22. The third-order valence-electron chi connectivity index (χ3n) is 3.18. The summed E-state index contributed by atoms with van der Waals surface area (Å²) in [5.41, 5.74) is 7.53. The fourth-order valence-corrected chi connectivity index (χ4v) is 3.45. The maximum Gasteiger partial charge on any atom is 0.111 e. The van der Waals surface area contributed by atoms with Crippen LogP contribution in [0.5, 0.6) is 0 Å². The maximum atomic E-state index is 6.22. The van der Waals surface area contributed by atoms with Gasteiger partial charge in [0.25, 0.3) is 0 Å². The summed E-state index contributed by atoms with van der Waals surface area (Å²) in [6, 6.07) is 2.40. The van der Waals surface area contributed by atoms with Crippen molar-refractivity contribution < 1.29 is 0 Å². The number of imidazole rings is 1. The Morgan fingerprint density at radius 2 is 2.06 bits per heavy atom. The van der Waals surface area contributed by atoms with Gasteiger partial charge in [-0.3, -0.25) is 0 Å². The first kappa shape index (κ1) is 13.3. The van der Waals surface area contributed by atoms with Crippen LogP contribution in [0.2, 0.25) is 0 Å². The zero-order valence-electron chi connectivity index (χ0n) is 11.4. The van der Waals surface area contributed by atoms with Crippen molar-refractivity contribution in [1.82, 2.24) is 9.55 Å². The Kier molecular flexibility index (Phi) is 3.88. The van der Waals surface area contributed by atoms with Gasteiger partial charge in [-0.2, -0.15) is 0 Å². The number of rotatable bonds is 4. The van der Waals surface area contributed by atoms with Gasteiger partial charge in [0.05, 0.1) is 6.04 Å². The van der Waals surface area contributed by atoms with Crippen molar-refractivity contribution in [3.05, 3.63) is 40.1 Å². The predicted molar refractivity (Wildman–Crippen MR) is 77.2 cm³/mol. The molecule has 3 nitrogen and oxygen atoms in total. The number of hydrogen-bond donors (Lipinski definition) is 1. The zero-order valence-corrected chi connectivity index (χ0v) is 12.2. The second-order valence-corrected chi connectivity index (χ2v) is 6.07. The SMILES string of the molecule is Cc1ccsc1C(C(C)N)n1ccnc1C(C)C. The molecule has 2 aromatic rings. The summed E-state index contributed by atoms with van der Waals surface area (Å²) in [6.45, 7) is 8.54. The second kappa shape index (κ2) is 5.24. The molecular formula is C14H21N3S. The number of nitrogens with two attached hydrogens (primary N) is 1. The van der Waals surface area contributed by atoms with Gasteiger partial charge in [-0.25, -0.2) is 4.98 Å². The van der Waals surface area contributed by atoms with Gasteiger partial charge in [0.2, 0.25) is 0 Å². The molecule has 0 bridgehead atoms. The summed E-state index contributed by atoms with van der Waals surface area (Å²) in [5.74, 6) is 1.51. The lowest BCUT2D eigenvalue weighted by Crippen LogP contribution is -2.31. The normalized spacial score (nSPS) is 15.0. The second-order valence-electron chi connectivity index (χ2n) is 5.12. The van der Waals surface area contributed by atoms with Crippen LogP contribution in [0.25, 0.3) is 0 Å². The van der Waals surface area contributed by atoms with Crippen LogP contribution in [0, 0.1) is 6.92 Å². The predicted octanol–water partition coefficient (Wildman–Crippen LogP) is 3.31. The molecular weight excluding hydrogens is 242 g/mol. The molecule has 0 aliphatic carbocycles. The van der Waals surface area contributed by atoms with Crippen molar-refractivity contribution in [1.29, 1.82) is 0 Å². The number of thiophene rings is 1. The lowest BCUT2D eigenvalue weighted by atomic mass is 10.0. The molecule has 2 aromatic heterocycles. The number of nitrogens with zero attached hydrogens (tertiary/aromatic N) is 2. The fraction of sp³-hybridized carbons (Fsp3) is 0.500. The molecule has 0 saturated heterocycles. The van der Waals surface area contributed by atoms with Crippen molar-refractivity contribution in [2.45, 2.75) is 45.7 Å². The number of aryl methyl sites for hydroxylation is 1. The highest BCUT2D eigenvalue weighted by atomic mass is 32.1. The van der Waals surface area contributed by atoms with E-state index in [4.69, 9.17) is 5.73 Å². The van der Waals surface area contributed by atoms with Gasteiger partial charge in [-0.15, -0.1) is 11.3 Å². The molecule has 0 aromatic carbocycles. The molecule has 2 N–H and O–H groups in total. The summed E-state index contributed by atoms with van der Waals surface area (Å²) >= 11 is 1.78. The molecule has 2 rings (SSSR count). The molecule has 0 saturated carbocycles. The average Bonchev–Trinajstić information content (AvgIpc) is 2.89. The first-order chi connectivity index (χ1) is 8.52. The molecule has 2 unspecified atom stereocenters. The van der Waals surface area contributed by atoms with Crippen molar-refractivity contribution in [3.8, 4) is 0 Å². The van der Waals surface area contributed by atoms with Gasteiger partial charge >= 0.3 is 0 Å². The molecule has 2 heterocycles. The van der Waals surface area contributed by atoms with E-state index in [1.165, 1.54) is 10.4 Å². The van der Waals surface area contributed by atoms with Gasteiger partial charge in [-0.05, 0) is 30.9 Å². The Morgan fingerprint density at radius 3 is 2.56 bits per heavy atom. The van der Waals surface area contributed by atoms with Crippen LogP contribution in [0.4, 0.5) is 0 Å². The first-order valence-electron chi connectivity index (χ1n) is 6.34. The third-order valence-corrected chi connectivity index (χ3v) is 4.27. The van der Waals surface area contributed by atoms with Crippen LogP contribution >= 0.6 is 11.3 Å². The van der Waals surface area contributed by atoms with E-state index in [1.54, 1.807) is 11.3 Å². The van der Waals surface area contributed by atoms with E-state index < -0.39 is 0 Å². The van der Waals surface area contributed by atoms with Crippen molar-refractivity contribution in [3.63, 3.8) is 0 Å². The van der Waals surface area contributed by atoms with Crippen LogP contribution in [-0.4, -0.2) is 15.6 Å². The molecule has 98 valence electrons. The monoisotopic (exact) mass is 263 g/mol. The van der Waals surface area contributed by atoms with Gasteiger partial charge in [0.1, 0.15) is 5.82 Å². The molecule has 4 heteroatoms. The van der Waals surface area contributed by atoms with E-state index in [2.05, 4.69) is 48.7 Å². The Morgan fingerprint density at radius 1 is 1.33 bits per heavy atom. The molecule has 0 radical (unpaired) electrons. The Bertz CT molecular complexity index is 511. The summed E-state index contributed by atoms with van der Waals surface area (Å²) in [6.07, 6.45) is 3.91. The summed E-state index contributed by atoms with van der Waals surface area (Å²) < 4.78 is 2.23. The van der Waals surface area contributed by atoms with Crippen LogP contribution in [0.15, 0.2) is 23.8 Å². The molecule has 0 aliphatic heterocycles. The summed E-state index contributed by atoms with van der Waals surface area (Å²) in [5, 5.41) is 2.13. The van der Waals surface area contributed by atoms with E-state index in [0.29, 0.717) is 5.92 Å². The van der Waals surface area contributed by atoms with Crippen LogP contribution in [0.3, 0.4) is 0 Å². The number of hydrogen-bond acceptors (Lipinski definition) is 3. The Hall–Kier alpha value is -1.13. The minimum atomic E-state index is 0.0639. The summed E-state index contributed by atoms with van der Waals surface area (Å²) in [4.78, 5) is 5.81. The van der Waals surface area contributed by atoms with Crippen LogP contribution < -0.4 is 5.73 Å². The van der Waals surface area contributed by atoms with Crippen molar-refractivity contribution in [2.24, 2.45) is 5.73 Å². The first-order valence-corrected chi connectivity index (χ1v) is 7.22. The van der Waals surface area contributed by atoms with Crippen LogP contribution in [-0.2, 0) is 0 Å². The minimum absolute atomic E-state index is 0.0639. The molecule has 2 atom stereocenters. The fourth-order valence-electron chi connectivity index (χ4n) is 2.31. The van der Waals surface area contributed by atoms with E-state index in [1.807, 2.05) is 12.4 Å². The van der Waals surface area contributed by atoms with Gasteiger partial charge in [0.15, 0.2) is 0 Å². The van der Waals surface area contributed by atoms with Gasteiger partial charge in [0, 0.05) is 29.2 Å². The topological polar surface area (TPSA) is 43.8 Å². The highest BCUT2D eigenvalue weighted by Crippen LogP contribution is 2.31. The smallest absolute Gasteiger partial charge is 0.111 e. The molecule has 0 amide bonds. The standard InChI is InChI=1S/C14H21N3S/c1-9(2)14-16-6-7-17(14)12(11(4)15)13-10(3)5-8-18-13/h5-9,11-12H,15H2,1-4H3. The minimum Gasteiger partial charge on any atom is -0.326 e. The van der Waals surface area contributed by atoms with E-state index in [0.717, 1.165) is 5.82 Å². The van der Waals surface area contributed by atoms with E-state index in [9.17, 15) is 0 Å². The van der Waals surface area contributed by atoms with Gasteiger partial charge in [-0.1, -0.05) is 13.8 Å².